The summed E-state index contributed by atoms with van der Waals surface area (Å²) in [6, 6.07) is 1.09. The molecule has 2 N–H and O–H groups in total. The minimum absolute atomic E-state index is 0.000414. The van der Waals surface area contributed by atoms with E-state index in [1.54, 1.807) is 0 Å². The van der Waals surface area contributed by atoms with Gasteiger partial charge < -0.3 is 10.4 Å². The zero-order valence-electron chi connectivity index (χ0n) is 12.3. The molecule has 1 amide bonds. The predicted molar refractivity (Wildman–Crippen MR) is 75.9 cm³/mol. The molecule has 2 rings (SSSR count). The van der Waals surface area contributed by atoms with Crippen LogP contribution in [0.15, 0.2) is 0 Å². The number of hydrogen-bond donors (Lipinski definition) is 2. The molecule has 2 aliphatic rings. The van der Waals surface area contributed by atoms with Gasteiger partial charge in [-0.15, -0.1) is 0 Å². The Morgan fingerprint density at radius 1 is 1.37 bits per heavy atom. The molecule has 2 aliphatic carbocycles. The predicted octanol–water partition coefficient (Wildman–Crippen LogP) is 1.67. The molecule has 0 aromatic carbocycles. The molecule has 1 unspecified atom stereocenters. The van der Waals surface area contributed by atoms with Gasteiger partial charge in [-0.2, -0.15) is 0 Å². The van der Waals surface area contributed by atoms with Gasteiger partial charge in [0, 0.05) is 18.6 Å². The highest BCUT2D eigenvalue weighted by Gasteiger charge is 2.32. The highest BCUT2D eigenvalue weighted by atomic mass is 16.3. The molecule has 0 radical (unpaired) electrons. The van der Waals surface area contributed by atoms with E-state index in [9.17, 15) is 9.90 Å². The second-order valence-corrected chi connectivity index (χ2v) is 6.51. The van der Waals surface area contributed by atoms with Crippen LogP contribution < -0.4 is 5.32 Å². The minimum Gasteiger partial charge on any atom is -0.389 e. The Balaban J connectivity index is 1.68. The quantitative estimate of drug-likeness (QED) is 0.770. The van der Waals surface area contributed by atoms with Gasteiger partial charge in [0.1, 0.15) is 0 Å². The van der Waals surface area contributed by atoms with Gasteiger partial charge >= 0.3 is 0 Å². The standard InChI is InChI=1S/C15H28N2O2/c1-12(17(2)13-6-7-13)11-16-14(18)10-15(19)8-4-3-5-9-15/h12-13,19H,3-11H2,1-2H3,(H,16,18). The fourth-order valence-electron chi connectivity index (χ4n) is 3.00. The van der Waals surface area contributed by atoms with Crippen molar-refractivity contribution in [3.05, 3.63) is 0 Å². The van der Waals surface area contributed by atoms with Crippen LogP contribution in [0.1, 0.15) is 58.3 Å². The molecule has 2 fully saturated rings. The molecule has 0 spiro atoms. The van der Waals surface area contributed by atoms with E-state index in [0.29, 0.717) is 12.6 Å². The number of carbonyl (C=O) groups is 1. The van der Waals surface area contributed by atoms with Crippen LogP contribution in [0.5, 0.6) is 0 Å². The van der Waals surface area contributed by atoms with Crippen LogP contribution in [0.2, 0.25) is 0 Å². The van der Waals surface area contributed by atoms with Gasteiger partial charge in [0.25, 0.3) is 0 Å². The topological polar surface area (TPSA) is 52.6 Å². The number of carbonyl (C=O) groups excluding carboxylic acids is 1. The van der Waals surface area contributed by atoms with Crippen LogP contribution in [-0.2, 0) is 4.79 Å². The molecule has 19 heavy (non-hydrogen) atoms. The van der Waals surface area contributed by atoms with Crippen molar-refractivity contribution < 1.29 is 9.90 Å². The van der Waals surface area contributed by atoms with E-state index in [4.69, 9.17) is 0 Å². The Labute approximate surface area is 116 Å². The van der Waals surface area contributed by atoms with Crippen molar-refractivity contribution in [2.75, 3.05) is 13.6 Å². The van der Waals surface area contributed by atoms with Crippen LogP contribution in [0.4, 0.5) is 0 Å². The summed E-state index contributed by atoms with van der Waals surface area (Å²) in [6.07, 6.45) is 7.67. The Hall–Kier alpha value is -0.610. The molecular formula is C15H28N2O2. The van der Waals surface area contributed by atoms with Gasteiger partial charge in [-0.3, -0.25) is 9.69 Å². The number of amides is 1. The van der Waals surface area contributed by atoms with Gasteiger partial charge in [-0.05, 0) is 39.7 Å². The first-order valence-corrected chi connectivity index (χ1v) is 7.71. The van der Waals surface area contributed by atoms with Gasteiger partial charge in [-0.25, -0.2) is 0 Å². The van der Waals surface area contributed by atoms with Crippen molar-refractivity contribution in [3.8, 4) is 0 Å². The minimum atomic E-state index is -0.742. The maximum atomic E-state index is 11.9. The monoisotopic (exact) mass is 268 g/mol. The van der Waals surface area contributed by atoms with Crippen molar-refractivity contribution in [1.82, 2.24) is 10.2 Å². The molecule has 0 bridgehead atoms. The molecule has 4 heteroatoms. The normalized spacial score (nSPS) is 24.2. The molecule has 1 atom stereocenters. The maximum absolute atomic E-state index is 11.9. The zero-order chi connectivity index (χ0) is 13.9. The molecule has 0 aromatic rings. The molecule has 0 heterocycles. The van der Waals surface area contributed by atoms with E-state index in [0.717, 1.165) is 31.7 Å². The molecule has 0 aliphatic heterocycles. The Morgan fingerprint density at radius 2 is 2.00 bits per heavy atom. The largest absolute Gasteiger partial charge is 0.389 e. The van der Waals surface area contributed by atoms with E-state index in [1.165, 1.54) is 19.3 Å². The average molecular weight is 268 g/mol. The first kappa shape index (κ1) is 14.8. The smallest absolute Gasteiger partial charge is 0.222 e. The van der Waals surface area contributed by atoms with Crippen molar-refractivity contribution in [3.63, 3.8) is 0 Å². The van der Waals surface area contributed by atoms with E-state index >= 15 is 0 Å². The summed E-state index contributed by atoms with van der Waals surface area (Å²) >= 11 is 0. The lowest BCUT2D eigenvalue weighted by Gasteiger charge is -2.32. The number of aliphatic hydroxyl groups is 1. The number of nitrogens with zero attached hydrogens (tertiary/aromatic N) is 1. The highest BCUT2D eigenvalue weighted by Crippen LogP contribution is 2.30. The Kier molecular flexibility index (Phi) is 4.85. The van der Waals surface area contributed by atoms with Crippen LogP contribution in [0.3, 0.4) is 0 Å². The Bertz CT molecular complexity index is 309. The first-order chi connectivity index (χ1) is 9.00. The van der Waals surface area contributed by atoms with Gasteiger partial charge in [0.2, 0.25) is 5.91 Å². The fraction of sp³-hybridized carbons (Fsp3) is 0.933. The van der Waals surface area contributed by atoms with Crippen molar-refractivity contribution in [2.45, 2.75) is 76.0 Å². The van der Waals surface area contributed by atoms with E-state index < -0.39 is 5.60 Å². The second kappa shape index (κ2) is 6.23. The number of nitrogens with one attached hydrogen (secondary N) is 1. The number of likely N-dealkylation sites (N-methyl/N-ethyl adjacent to an activating group) is 1. The maximum Gasteiger partial charge on any atom is 0.222 e. The van der Waals surface area contributed by atoms with Gasteiger partial charge in [-0.1, -0.05) is 19.3 Å². The molecule has 0 saturated heterocycles. The summed E-state index contributed by atoms with van der Waals surface area (Å²) in [5.41, 5.74) is -0.742. The fourth-order valence-corrected chi connectivity index (χ4v) is 3.00. The van der Waals surface area contributed by atoms with E-state index in [-0.39, 0.29) is 12.3 Å². The van der Waals surface area contributed by atoms with E-state index in [1.807, 2.05) is 0 Å². The lowest BCUT2D eigenvalue weighted by atomic mass is 9.82. The van der Waals surface area contributed by atoms with Crippen LogP contribution >= 0.6 is 0 Å². The third kappa shape index (κ3) is 4.46. The third-order valence-electron chi connectivity index (χ3n) is 4.69. The number of hydrogen-bond acceptors (Lipinski definition) is 3. The highest BCUT2D eigenvalue weighted by molar-refractivity contribution is 5.77. The third-order valence-corrected chi connectivity index (χ3v) is 4.69. The summed E-state index contributed by atoms with van der Waals surface area (Å²) in [5, 5.41) is 13.3. The summed E-state index contributed by atoms with van der Waals surface area (Å²) in [4.78, 5) is 14.3. The lowest BCUT2D eigenvalue weighted by Crippen LogP contribution is -2.44. The first-order valence-electron chi connectivity index (χ1n) is 7.71. The summed E-state index contributed by atoms with van der Waals surface area (Å²) in [6.45, 7) is 2.83. The molecule has 0 aromatic heterocycles. The van der Waals surface area contributed by atoms with Gasteiger partial charge in [0.15, 0.2) is 0 Å². The molecular weight excluding hydrogens is 240 g/mol. The van der Waals surface area contributed by atoms with Gasteiger partial charge in [0.05, 0.1) is 12.0 Å². The Morgan fingerprint density at radius 3 is 2.58 bits per heavy atom. The summed E-state index contributed by atoms with van der Waals surface area (Å²) < 4.78 is 0. The van der Waals surface area contributed by atoms with Crippen LogP contribution in [0.25, 0.3) is 0 Å². The van der Waals surface area contributed by atoms with E-state index in [2.05, 4.69) is 24.2 Å². The SMILES string of the molecule is CC(CNC(=O)CC1(O)CCCCC1)N(C)C1CC1. The van der Waals surface area contributed by atoms with Crippen LogP contribution in [0, 0.1) is 0 Å². The van der Waals surface area contributed by atoms with Crippen molar-refractivity contribution in [1.29, 1.82) is 0 Å². The lowest BCUT2D eigenvalue weighted by molar-refractivity contribution is -0.127. The molecule has 4 nitrogen and oxygen atoms in total. The zero-order valence-corrected chi connectivity index (χ0v) is 12.3. The van der Waals surface area contributed by atoms with Crippen molar-refractivity contribution in [2.24, 2.45) is 0 Å². The molecule has 2 saturated carbocycles. The summed E-state index contributed by atoms with van der Waals surface area (Å²) in [7, 11) is 2.13. The van der Waals surface area contributed by atoms with Crippen LogP contribution in [-0.4, -0.2) is 47.2 Å². The van der Waals surface area contributed by atoms with Crippen molar-refractivity contribution >= 4 is 5.91 Å². The summed E-state index contributed by atoms with van der Waals surface area (Å²) in [5.74, 6) is 0.000414. The second-order valence-electron chi connectivity index (χ2n) is 6.51. The molecule has 110 valence electrons. The average Bonchev–Trinajstić information content (AvgIpc) is 3.19. The number of rotatable bonds is 6.